The van der Waals surface area contributed by atoms with E-state index in [1.807, 2.05) is 0 Å². The Morgan fingerprint density at radius 1 is 0.909 bits per heavy atom. The first-order valence-electron chi connectivity index (χ1n) is 6.89. The van der Waals surface area contributed by atoms with Crippen molar-refractivity contribution in [2.75, 3.05) is 13.2 Å². The molecule has 0 bridgehead atoms. The molecule has 0 aromatic heterocycles. The molecule has 122 valence electrons. The molecule has 0 atom stereocenters. The summed E-state index contributed by atoms with van der Waals surface area (Å²) < 4.78 is 65.9. The lowest BCUT2D eigenvalue weighted by atomic mass is 10.0. The number of rotatable bonds is 6. The van der Waals surface area contributed by atoms with E-state index in [1.54, 1.807) is 13.8 Å². The first kappa shape index (κ1) is 16.7. The zero-order valence-electron chi connectivity index (χ0n) is 12.2. The van der Waals surface area contributed by atoms with Crippen molar-refractivity contribution in [1.29, 1.82) is 0 Å². The minimum atomic E-state index is -2.09. The van der Waals surface area contributed by atoms with E-state index < -0.39 is 46.1 Å². The van der Waals surface area contributed by atoms with Crippen LogP contribution in [-0.4, -0.2) is 19.0 Å². The molecule has 0 aliphatic carbocycles. The number of fused-ring (bicyclic) bond motifs is 1. The second kappa shape index (κ2) is 6.21. The monoisotopic (exact) mass is 320 g/mol. The number of amidine groups is 1. The van der Waals surface area contributed by atoms with Crippen LogP contribution in [0.15, 0.2) is 4.99 Å². The number of halogens is 4. The molecule has 22 heavy (non-hydrogen) atoms. The Morgan fingerprint density at radius 2 is 1.41 bits per heavy atom. The zero-order chi connectivity index (χ0) is 16.5. The predicted molar refractivity (Wildman–Crippen MR) is 71.2 cm³/mol. The van der Waals surface area contributed by atoms with Gasteiger partial charge in [-0.3, -0.25) is 0 Å². The van der Waals surface area contributed by atoms with Crippen LogP contribution in [0.25, 0.3) is 0 Å². The summed E-state index contributed by atoms with van der Waals surface area (Å²) >= 11 is 0. The van der Waals surface area contributed by atoms with Gasteiger partial charge in [0.1, 0.15) is 5.84 Å². The lowest BCUT2D eigenvalue weighted by molar-refractivity contribution is -0.241. The van der Waals surface area contributed by atoms with E-state index in [1.165, 1.54) is 0 Å². The minimum Gasteiger partial charge on any atom is -0.383 e. The number of hydrogen-bond donors (Lipinski definition) is 1. The Labute approximate surface area is 124 Å². The van der Waals surface area contributed by atoms with Crippen molar-refractivity contribution >= 4 is 5.84 Å². The van der Waals surface area contributed by atoms with Gasteiger partial charge < -0.3 is 15.2 Å². The van der Waals surface area contributed by atoms with Gasteiger partial charge in [0.15, 0.2) is 23.3 Å². The highest BCUT2D eigenvalue weighted by Crippen LogP contribution is 2.41. The standard InChI is InChI=1S/C14H16F4N2O2/c1-3-5-21-14(22-6-4-2)8-7(13(19)20-14)9(15)11(17)12(18)10(8)16/h3-6H2,1-2H3,(H2,19,20). The molecule has 1 aromatic carbocycles. The summed E-state index contributed by atoms with van der Waals surface area (Å²) in [6.07, 6.45) is 1.05. The van der Waals surface area contributed by atoms with Gasteiger partial charge in [-0.1, -0.05) is 13.8 Å². The van der Waals surface area contributed by atoms with Gasteiger partial charge in [0.2, 0.25) is 0 Å². The number of ether oxygens (including phenoxy) is 2. The fourth-order valence-corrected chi connectivity index (χ4v) is 2.17. The van der Waals surface area contributed by atoms with E-state index >= 15 is 0 Å². The van der Waals surface area contributed by atoms with E-state index in [2.05, 4.69) is 4.99 Å². The highest BCUT2D eigenvalue weighted by molar-refractivity contribution is 6.02. The molecule has 0 unspecified atom stereocenters. The van der Waals surface area contributed by atoms with Crippen molar-refractivity contribution in [3.63, 3.8) is 0 Å². The molecule has 0 saturated carbocycles. The lowest BCUT2D eigenvalue weighted by Gasteiger charge is -2.27. The molecule has 0 spiro atoms. The quantitative estimate of drug-likeness (QED) is 0.379. The Morgan fingerprint density at radius 3 is 1.91 bits per heavy atom. The van der Waals surface area contributed by atoms with E-state index in [9.17, 15) is 17.6 Å². The van der Waals surface area contributed by atoms with Crippen LogP contribution in [0.4, 0.5) is 17.6 Å². The molecule has 2 rings (SSSR count). The number of hydrogen-bond acceptors (Lipinski definition) is 4. The fraction of sp³-hybridized carbons (Fsp3) is 0.500. The zero-order valence-corrected chi connectivity index (χ0v) is 12.2. The molecule has 2 N–H and O–H groups in total. The first-order valence-corrected chi connectivity index (χ1v) is 6.89. The highest BCUT2D eigenvalue weighted by Gasteiger charge is 2.48. The average molecular weight is 320 g/mol. The molecule has 0 fully saturated rings. The van der Waals surface area contributed by atoms with Crippen molar-refractivity contribution in [3.8, 4) is 0 Å². The summed E-state index contributed by atoms with van der Waals surface area (Å²) in [5.41, 5.74) is 4.22. The van der Waals surface area contributed by atoms with E-state index in [4.69, 9.17) is 15.2 Å². The van der Waals surface area contributed by atoms with E-state index in [0.717, 1.165) is 0 Å². The SMILES string of the molecule is CCCOC1(OCCC)N=C(N)c2c(F)c(F)c(F)c(F)c21. The van der Waals surface area contributed by atoms with Crippen LogP contribution >= 0.6 is 0 Å². The summed E-state index contributed by atoms with van der Waals surface area (Å²) in [5.74, 6) is -9.73. The largest absolute Gasteiger partial charge is 0.383 e. The second-order valence-electron chi connectivity index (χ2n) is 4.78. The molecule has 1 aliphatic rings. The molecular formula is C14H16F4N2O2. The summed E-state index contributed by atoms with van der Waals surface area (Å²) in [4.78, 5) is 3.80. The van der Waals surface area contributed by atoms with Gasteiger partial charge in [0.05, 0.1) is 24.3 Å². The maximum atomic E-state index is 14.2. The molecule has 0 radical (unpaired) electrons. The van der Waals surface area contributed by atoms with Crippen molar-refractivity contribution in [2.24, 2.45) is 10.7 Å². The molecule has 1 heterocycles. The summed E-state index contributed by atoms with van der Waals surface area (Å²) in [6.45, 7) is 3.72. The second-order valence-corrected chi connectivity index (χ2v) is 4.78. The molecule has 0 amide bonds. The molecule has 1 aliphatic heterocycles. The van der Waals surface area contributed by atoms with Crippen LogP contribution < -0.4 is 5.73 Å². The molecule has 4 nitrogen and oxygen atoms in total. The van der Waals surface area contributed by atoms with Crippen LogP contribution in [0.1, 0.15) is 37.8 Å². The Hall–Kier alpha value is -1.67. The van der Waals surface area contributed by atoms with Crippen molar-refractivity contribution in [3.05, 3.63) is 34.4 Å². The number of aliphatic imine (C=N–C) groups is 1. The van der Waals surface area contributed by atoms with Crippen molar-refractivity contribution in [1.82, 2.24) is 0 Å². The number of nitrogens with zero attached hydrogens (tertiary/aromatic N) is 1. The van der Waals surface area contributed by atoms with Gasteiger partial charge in [-0.15, -0.1) is 0 Å². The highest BCUT2D eigenvalue weighted by atomic mass is 19.2. The van der Waals surface area contributed by atoms with Crippen LogP contribution in [0.3, 0.4) is 0 Å². The maximum Gasteiger partial charge on any atom is 0.303 e. The van der Waals surface area contributed by atoms with E-state index in [0.29, 0.717) is 12.8 Å². The third kappa shape index (κ3) is 2.46. The van der Waals surface area contributed by atoms with Crippen molar-refractivity contribution < 1.29 is 27.0 Å². The van der Waals surface area contributed by atoms with Crippen LogP contribution in [0, 0.1) is 23.3 Å². The summed E-state index contributed by atoms with van der Waals surface area (Å²) in [7, 11) is 0. The smallest absolute Gasteiger partial charge is 0.303 e. The van der Waals surface area contributed by atoms with Crippen LogP contribution in [0.5, 0.6) is 0 Å². The van der Waals surface area contributed by atoms with Gasteiger partial charge in [-0.2, -0.15) is 0 Å². The van der Waals surface area contributed by atoms with Crippen LogP contribution in [-0.2, 0) is 15.4 Å². The summed E-state index contributed by atoms with van der Waals surface area (Å²) in [6, 6.07) is 0. The van der Waals surface area contributed by atoms with Gasteiger partial charge in [-0.05, 0) is 12.8 Å². The number of nitrogens with two attached hydrogens (primary N) is 1. The van der Waals surface area contributed by atoms with Gasteiger partial charge >= 0.3 is 5.91 Å². The normalized spacial score (nSPS) is 15.8. The topological polar surface area (TPSA) is 56.8 Å². The van der Waals surface area contributed by atoms with Crippen molar-refractivity contribution in [2.45, 2.75) is 32.6 Å². The van der Waals surface area contributed by atoms with Crippen LogP contribution in [0.2, 0.25) is 0 Å². The maximum absolute atomic E-state index is 14.2. The minimum absolute atomic E-state index is 0.0833. The summed E-state index contributed by atoms with van der Waals surface area (Å²) in [5, 5.41) is 0. The first-order chi connectivity index (χ1) is 10.4. The van der Waals surface area contributed by atoms with Gasteiger partial charge in [0, 0.05) is 0 Å². The Balaban J connectivity index is 2.67. The third-order valence-corrected chi connectivity index (χ3v) is 3.11. The Bertz CT molecular complexity index is 612. The molecule has 1 aromatic rings. The Kier molecular flexibility index (Phi) is 4.72. The van der Waals surface area contributed by atoms with Gasteiger partial charge in [0.25, 0.3) is 0 Å². The average Bonchev–Trinajstić information content (AvgIpc) is 2.80. The third-order valence-electron chi connectivity index (χ3n) is 3.11. The van der Waals surface area contributed by atoms with E-state index in [-0.39, 0.29) is 13.2 Å². The molecule has 0 saturated heterocycles. The number of benzene rings is 1. The molecular weight excluding hydrogens is 304 g/mol. The molecule has 8 heteroatoms. The lowest BCUT2D eigenvalue weighted by Crippen LogP contribution is -2.32. The van der Waals surface area contributed by atoms with Gasteiger partial charge in [-0.25, -0.2) is 22.6 Å². The predicted octanol–water partition coefficient (Wildman–Crippen LogP) is 2.93. The fourth-order valence-electron chi connectivity index (χ4n) is 2.17.